The van der Waals surface area contributed by atoms with Gasteiger partial charge in [0.2, 0.25) is 0 Å². The van der Waals surface area contributed by atoms with Gasteiger partial charge in [-0.15, -0.1) is 0 Å². The molecule has 3 rings (SSSR count). The van der Waals surface area contributed by atoms with Crippen LogP contribution in [0, 0.1) is 0 Å². The van der Waals surface area contributed by atoms with Gasteiger partial charge >= 0.3 is 0 Å². The molecule has 1 heterocycles. The zero-order valence-electron chi connectivity index (χ0n) is 16.2. The number of hydrogen-bond acceptors (Lipinski definition) is 3. The van der Waals surface area contributed by atoms with Crippen molar-refractivity contribution in [2.45, 2.75) is 19.5 Å². The minimum atomic E-state index is -0.000312. The fraction of sp³-hybridized carbons (Fsp3) is 0.381. The highest BCUT2D eigenvalue weighted by Gasteiger charge is 2.13. The Bertz CT molecular complexity index is 805. The van der Waals surface area contributed by atoms with Gasteiger partial charge < -0.3 is 20.3 Å². The lowest BCUT2D eigenvalue weighted by Gasteiger charge is -2.29. The van der Waals surface area contributed by atoms with E-state index >= 15 is 0 Å². The van der Waals surface area contributed by atoms with Gasteiger partial charge in [0.15, 0.2) is 5.96 Å². The summed E-state index contributed by atoms with van der Waals surface area (Å²) in [6.07, 6.45) is 0. The van der Waals surface area contributed by atoms with Crippen molar-refractivity contribution in [3.63, 3.8) is 0 Å². The first-order valence-corrected chi connectivity index (χ1v) is 10.2. The van der Waals surface area contributed by atoms with Gasteiger partial charge in [0.1, 0.15) is 0 Å². The Morgan fingerprint density at radius 2 is 1.86 bits per heavy atom. The Morgan fingerprint density at radius 3 is 2.50 bits per heavy atom. The summed E-state index contributed by atoms with van der Waals surface area (Å²) in [5.41, 5.74) is 3.40. The lowest BCUT2D eigenvalue weighted by molar-refractivity contribution is 0.122. The highest BCUT2D eigenvalue weighted by Crippen LogP contribution is 2.26. The Balaban J connectivity index is 1.55. The quantitative estimate of drug-likeness (QED) is 0.560. The standard InChI is InChI=1S/C21H26Cl2N4O/c1-15(19-8-5-17(22)13-20(19)23)26-21(24-2)25-14-16-3-6-18(7-4-16)27-9-11-28-12-10-27/h3-8,13,15H,9-12,14H2,1-2H3,(H2,24,25,26). The molecule has 7 heteroatoms. The largest absolute Gasteiger partial charge is 0.378 e. The summed E-state index contributed by atoms with van der Waals surface area (Å²) in [6.45, 7) is 6.20. The summed E-state index contributed by atoms with van der Waals surface area (Å²) >= 11 is 12.3. The maximum Gasteiger partial charge on any atom is 0.191 e. The number of benzene rings is 2. The van der Waals surface area contributed by atoms with Crippen molar-refractivity contribution in [1.82, 2.24) is 10.6 Å². The van der Waals surface area contributed by atoms with Crippen molar-refractivity contribution < 1.29 is 4.74 Å². The average Bonchev–Trinajstić information content (AvgIpc) is 2.72. The van der Waals surface area contributed by atoms with E-state index < -0.39 is 0 Å². The van der Waals surface area contributed by atoms with Gasteiger partial charge in [-0.05, 0) is 42.3 Å². The molecule has 2 N–H and O–H groups in total. The lowest BCUT2D eigenvalue weighted by Crippen LogP contribution is -2.38. The molecular weight excluding hydrogens is 395 g/mol. The zero-order chi connectivity index (χ0) is 19.9. The Labute approximate surface area is 176 Å². The second-order valence-corrected chi connectivity index (χ2v) is 7.57. The van der Waals surface area contributed by atoms with E-state index in [1.54, 1.807) is 13.1 Å². The molecule has 0 aliphatic carbocycles. The normalized spacial score (nSPS) is 16.0. The first kappa shape index (κ1) is 20.8. The van der Waals surface area contributed by atoms with Crippen molar-refractivity contribution in [2.75, 3.05) is 38.3 Å². The van der Waals surface area contributed by atoms with Gasteiger partial charge in [-0.2, -0.15) is 0 Å². The number of halogens is 2. The van der Waals surface area contributed by atoms with Crippen LogP contribution < -0.4 is 15.5 Å². The third kappa shape index (κ3) is 5.53. The van der Waals surface area contributed by atoms with Crippen LogP contribution in [-0.4, -0.2) is 39.3 Å². The molecule has 2 aromatic rings. The molecule has 0 aromatic heterocycles. The Kier molecular flexibility index (Phi) is 7.43. The predicted molar refractivity (Wildman–Crippen MR) is 118 cm³/mol. The number of rotatable bonds is 5. The number of anilines is 1. The predicted octanol–water partition coefficient (Wildman–Crippen LogP) is 4.26. The first-order chi connectivity index (χ1) is 13.6. The molecule has 1 aliphatic heterocycles. The molecule has 150 valence electrons. The molecule has 0 amide bonds. The van der Waals surface area contributed by atoms with E-state index in [2.05, 4.69) is 44.8 Å². The molecule has 1 atom stereocenters. The number of nitrogens with one attached hydrogen (secondary N) is 2. The number of nitrogens with zero attached hydrogens (tertiary/aromatic N) is 2. The van der Waals surface area contributed by atoms with E-state index in [9.17, 15) is 0 Å². The van der Waals surface area contributed by atoms with Crippen molar-refractivity contribution in [1.29, 1.82) is 0 Å². The maximum atomic E-state index is 6.31. The first-order valence-electron chi connectivity index (χ1n) is 9.40. The van der Waals surface area contributed by atoms with Crippen LogP contribution in [0.15, 0.2) is 47.5 Å². The summed E-state index contributed by atoms with van der Waals surface area (Å²) < 4.78 is 5.41. The summed E-state index contributed by atoms with van der Waals surface area (Å²) in [5, 5.41) is 7.99. The number of guanidine groups is 1. The molecule has 1 fully saturated rings. The van der Waals surface area contributed by atoms with Gasteiger partial charge in [0, 0.05) is 42.4 Å². The van der Waals surface area contributed by atoms with Gasteiger partial charge in [-0.3, -0.25) is 4.99 Å². The van der Waals surface area contributed by atoms with E-state index in [-0.39, 0.29) is 6.04 Å². The topological polar surface area (TPSA) is 48.9 Å². The third-order valence-corrected chi connectivity index (χ3v) is 5.34. The molecule has 1 unspecified atom stereocenters. The summed E-state index contributed by atoms with van der Waals surface area (Å²) in [4.78, 5) is 6.66. The van der Waals surface area contributed by atoms with Crippen LogP contribution in [-0.2, 0) is 11.3 Å². The molecule has 0 bridgehead atoms. The fourth-order valence-corrected chi connectivity index (χ4v) is 3.73. The summed E-state index contributed by atoms with van der Waals surface area (Å²) in [6, 6.07) is 14.1. The molecule has 0 spiro atoms. The molecule has 28 heavy (non-hydrogen) atoms. The molecule has 5 nitrogen and oxygen atoms in total. The minimum absolute atomic E-state index is 0.000312. The average molecular weight is 421 g/mol. The molecule has 0 saturated carbocycles. The minimum Gasteiger partial charge on any atom is -0.378 e. The molecule has 1 aliphatic rings. The van der Waals surface area contributed by atoms with Crippen LogP contribution >= 0.6 is 23.2 Å². The van der Waals surface area contributed by atoms with Crippen LogP contribution in [0.4, 0.5) is 5.69 Å². The smallest absolute Gasteiger partial charge is 0.191 e. The van der Waals surface area contributed by atoms with Crippen molar-refractivity contribution in [3.8, 4) is 0 Å². The molecule has 2 aromatic carbocycles. The molecule has 0 radical (unpaired) electrons. The highest BCUT2D eigenvalue weighted by atomic mass is 35.5. The summed E-state index contributed by atoms with van der Waals surface area (Å²) in [5.74, 6) is 0.718. The van der Waals surface area contributed by atoms with Gasteiger partial charge in [0.25, 0.3) is 0 Å². The number of aliphatic imine (C=N–C) groups is 1. The van der Waals surface area contributed by atoms with Crippen LogP contribution in [0.2, 0.25) is 10.0 Å². The monoisotopic (exact) mass is 420 g/mol. The lowest BCUT2D eigenvalue weighted by atomic mass is 10.1. The van der Waals surface area contributed by atoms with E-state index in [1.807, 2.05) is 19.1 Å². The van der Waals surface area contributed by atoms with E-state index in [1.165, 1.54) is 11.3 Å². The molecular formula is C21H26Cl2N4O. The number of ether oxygens (including phenoxy) is 1. The second kappa shape index (κ2) is 10.0. The number of morpholine rings is 1. The Morgan fingerprint density at radius 1 is 1.14 bits per heavy atom. The summed E-state index contributed by atoms with van der Waals surface area (Å²) in [7, 11) is 1.76. The van der Waals surface area contributed by atoms with Gasteiger partial charge in [0.05, 0.1) is 19.3 Å². The Hall–Kier alpha value is -1.95. The third-order valence-electron chi connectivity index (χ3n) is 4.78. The van der Waals surface area contributed by atoms with Crippen LogP contribution in [0.5, 0.6) is 0 Å². The zero-order valence-corrected chi connectivity index (χ0v) is 17.7. The van der Waals surface area contributed by atoms with Gasteiger partial charge in [-0.1, -0.05) is 41.4 Å². The van der Waals surface area contributed by atoms with Crippen molar-refractivity contribution in [3.05, 3.63) is 63.6 Å². The SMILES string of the molecule is CN=C(NCc1ccc(N2CCOCC2)cc1)NC(C)c1ccc(Cl)cc1Cl. The fourth-order valence-electron chi connectivity index (χ4n) is 3.16. The van der Waals surface area contributed by atoms with Crippen molar-refractivity contribution >= 4 is 34.8 Å². The van der Waals surface area contributed by atoms with Crippen LogP contribution in [0.25, 0.3) is 0 Å². The number of hydrogen-bond donors (Lipinski definition) is 2. The molecule has 1 saturated heterocycles. The van der Waals surface area contributed by atoms with E-state index in [4.69, 9.17) is 27.9 Å². The van der Waals surface area contributed by atoms with Crippen LogP contribution in [0.3, 0.4) is 0 Å². The van der Waals surface area contributed by atoms with Crippen molar-refractivity contribution in [2.24, 2.45) is 4.99 Å². The maximum absolute atomic E-state index is 6.31. The van der Waals surface area contributed by atoms with E-state index in [0.717, 1.165) is 37.8 Å². The van der Waals surface area contributed by atoms with Gasteiger partial charge in [-0.25, -0.2) is 0 Å². The van der Waals surface area contributed by atoms with Crippen LogP contribution in [0.1, 0.15) is 24.1 Å². The highest BCUT2D eigenvalue weighted by molar-refractivity contribution is 6.35. The van der Waals surface area contributed by atoms with E-state index in [0.29, 0.717) is 16.6 Å². The second-order valence-electron chi connectivity index (χ2n) is 6.72.